The van der Waals surface area contributed by atoms with Gasteiger partial charge >= 0.3 is 12.1 Å². The van der Waals surface area contributed by atoms with E-state index >= 15 is 4.79 Å². The van der Waals surface area contributed by atoms with Crippen molar-refractivity contribution in [3.8, 4) is 11.1 Å². The van der Waals surface area contributed by atoms with E-state index in [1.807, 2.05) is 77.7 Å². The lowest BCUT2D eigenvalue weighted by Crippen LogP contribution is -2.46. The number of hydrogen-bond donors (Lipinski definition) is 2. The van der Waals surface area contributed by atoms with E-state index in [4.69, 9.17) is 4.74 Å². The summed E-state index contributed by atoms with van der Waals surface area (Å²) >= 11 is 0. The van der Waals surface area contributed by atoms with Gasteiger partial charge in [0.1, 0.15) is 12.6 Å². The second-order valence-corrected chi connectivity index (χ2v) is 23.3. The number of aliphatic carboxylic acids is 1. The maximum atomic E-state index is 15.2. The summed E-state index contributed by atoms with van der Waals surface area (Å²) in [6, 6.07) is 77.6. The van der Waals surface area contributed by atoms with Crippen LogP contribution in [0.1, 0.15) is 23.5 Å². The molecule has 0 radical (unpaired) electrons. The molecule has 0 saturated carbocycles. The van der Waals surface area contributed by atoms with Crippen molar-refractivity contribution >= 4 is 38.0 Å². The number of rotatable bonds is 18. The summed E-state index contributed by atoms with van der Waals surface area (Å²) in [5.74, 6) is -0.766. The van der Waals surface area contributed by atoms with Crippen molar-refractivity contribution in [2.45, 2.75) is 47.8 Å². The van der Waals surface area contributed by atoms with Crippen LogP contribution in [0.3, 0.4) is 0 Å². The van der Waals surface area contributed by atoms with Gasteiger partial charge in [0.05, 0.1) is 6.42 Å². The third-order valence-corrected chi connectivity index (χ3v) is 20.9. The second-order valence-electron chi connectivity index (χ2n) is 16.7. The molecule has 7 nitrogen and oxygen atoms in total. The van der Waals surface area contributed by atoms with Gasteiger partial charge in [0.25, 0.3) is 0 Å². The number of benzene rings is 8. The summed E-state index contributed by atoms with van der Waals surface area (Å²) < 4.78 is 5.81. The molecule has 9 rings (SSSR count). The summed E-state index contributed by atoms with van der Waals surface area (Å²) in [4.78, 5) is 50.7. The Hall–Kier alpha value is -7.33. The zero-order valence-corrected chi connectivity index (χ0v) is 39.3. The van der Waals surface area contributed by atoms with Crippen LogP contribution in [0.25, 0.3) is 11.1 Å². The Morgan fingerprint density at radius 1 is 0.471 bits per heavy atom. The lowest BCUT2D eigenvalue weighted by molar-refractivity contribution is -0.143. The van der Waals surface area contributed by atoms with Crippen LogP contribution in [-0.2, 0) is 14.3 Å². The van der Waals surface area contributed by atoms with Crippen LogP contribution in [0, 0.1) is 0 Å². The van der Waals surface area contributed by atoms with Gasteiger partial charge in [-0.25, -0.2) is 9.59 Å². The average Bonchev–Trinajstić information content (AvgIpc) is 3.72. The second kappa shape index (κ2) is 21.1. The van der Waals surface area contributed by atoms with Crippen LogP contribution in [0.5, 0.6) is 0 Å². The van der Waals surface area contributed by atoms with Gasteiger partial charge in [-0.3, -0.25) is 4.79 Å². The maximum Gasteiger partial charge on any atom is 0.407 e. The predicted molar refractivity (Wildman–Crippen MR) is 274 cm³/mol. The molecule has 2 amide bonds. The van der Waals surface area contributed by atoms with Gasteiger partial charge in [0, 0.05) is 30.5 Å². The fourth-order valence-corrected chi connectivity index (χ4v) is 17.3. The first kappa shape index (κ1) is 45.8. The quantitative estimate of drug-likeness (QED) is 0.0893. The van der Waals surface area contributed by atoms with Crippen LogP contribution in [0.2, 0.25) is 0 Å². The number of nitrogens with zero attached hydrogens (tertiary/aromatic N) is 1. The Morgan fingerprint density at radius 2 is 0.779 bits per heavy atom. The summed E-state index contributed by atoms with van der Waals surface area (Å²) in [5.41, 5.74) is 4.26. The van der Waals surface area contributed by atoms with Crippen LogP contribution in [-0.4, -0.2) is 65.2 Å². The highest BCUT2D eigenvalue weighted by Crippen LogP contribution is 2.69. The number of hydrogen-bond acceptors (Lipinski definition) is 4. The SMILES string of the molecule is O=C(N[C@@H](CC(=O)N(CCS(c1ccccc1)(c1ccccc1)c1ccccc1)CCS(c1ccccc1)(c1ccccc1)c1ccccc1)C(=O)O)OCC1c2ccccc2-c2ccccc21. The highest BCUT2D eigenvalue weighted by Gasteiger charge is 2.37. The monoisotopic (exact) mass is 934 g/mol. The predicted octanol–water partition coefficient (Wildman–Crippen LogP) is 13.2. The fraction of sp³-hybridized carbons (Fsp3) is 0.136. The average molecular weight is 935 g/mol. The van der Waals surface area contributed by atoms with E-state index in [2.05, 4.69) is 163 Å². The molecule has 0 unspecified atom stereocenters. The van der Waals surface area contributed by atoms with E-state index in [-0.39, 0.29) is 18.4 Å². The van der Waals surface area contributed by atoms with Crippen molar-refractivity contribution in [1.29, 1.82) is 0 Å². The smallest absolute Gasteiger partial charge is 0.407 e. The third kappa shape index (κ3) is 9.45. The number of carboxylic acids is 1. The van der Waals surface area contributed by atoms with Gasteiger partial charge in [-0.05, 0) is 124 Å². The van der Waals surface area contributed by atoms with Gasteiger partial charge in [0.2, 0.25) is 5.91 Å². The van der Waals surface area contributed by atoms with E-state index in [1.165, 1.54) is 0 Å². The molecule has 1 aliphatic rings. The molecular weight excluding hydrogens is 881 g/mol. The molecular formula is C59H54N2O5S2. The summed E-state index contributed by atoms with van der Waals surface area (Å²) in [5, 5.41) is 13.2. The molecule has 2 N–H and O–H groups in total. The first-order valence-corrected chi connectivity index (χ1v) is 26.5. The molecule has 8 aromatic rings. The molecule has 9 heteroatoms. The third-order valence-electron chi connectivity index (χ3n) is 12.9. The number of ether oxygens (including phenoxy) is 1. The van der Waals surface area contributed by atoms with Gasteiger partial charge in [0.15, 0.2) is 0 Å². The minimum absolute atomic E-state index is 0.0128. The van der Waals surface area contributed by atoms with Crippen molar-refractivity contribution < 1.29 is 24.2 Å². The van der Waals surface area contributed by atoms with Crippen molar-refractivity contribution in [3.05, 3.63) is 242 Å². The van der Waals surface area contributed by atoms with Crippen LogP contribution in [0.4, 0.5) is 4.79 Å². The van der Waals surface area contributed by atoms with E-state index in [0.29, 0.717) is 24.6 Å². The van der Waals surface area contributed by atoms with E-state index in [0.717, 1.165) is 51.6 Å². The summed E-state index contributed by atoms with van der Waals surface area (Å²) in [7, 11) is -3.97. The molecule has 8 aromatic carbocycles. The Balaban J connectivity index is 1.06. The van der Waals surface area contributed by atoms with Crippen molar-refractivity contribution in [1.82, 2.24) is 10.2 Å². The molecule has 0 bridgehead atoms. The summed E-state index contributed by atoms with van der Waals surface area (Å²) in [6.45, 7) is 0.648. The Bertz CT molecular complexity index is 2570. The topological polar surface area (TPSA) is 95.9 Å². The van der Waals surface area contributed by atoms with E-state index < -0.39 is 44.6 Å². The highest BCUT2D eigenvalue weighted by atomic mass is 32.3. The Morgan fingerprint density at radius 3 is 1.10 bits per heavy atom. The minimum atomic E-state index is -1.99. The molecule has 0 heterocycles. The largest absolute Gasteiger partial charge is 0.480 e. The van der Waals surface area contributed by atoms with Gasteiger partial charge in [-0.15, -0.1) is 0 Å². The standard InChI is InChI=1S/C59H54N2O5S2/c62-57(43-56(58(63)64)60-59(65)66-44-55-53-37-21-19-35-51(53)52-36-20-22-38-54(52)55)61(39-41-67(45-23-7-1-8-24-45,46-25-9-2-10-26-46)47-27-11-3-12-28-47)40-42-68(48-29-13-4-14-30-48,49-31-15-5-16-32-49)50-33-17-6-18-34-50/h1-38,55-56H,39-44H2,(H,60,65)(H,63,64)/t56-/m0/s1. The van der Waals surface area contributed by atoms with Crippen LogP contribution < -0.4 is 5.32 Å². The number of fused-ring (bicyclic) bond motifs is 3. The molecule has 0 aliphatic heterocycles. The number of nitrogens with one attached hydrogen (secondary N) is 1. The van der Waals surface area contributed by atoms with Crippen molar-refractivity contribution in [2.24, 2.45) is 0 Å². The van der Waals surface area contributed by atoms with Crippen molar-refractivity contribution in [3.63, 3.8) is 0 Å². The fourth-order valence-electron chi connectivity index (χ4n) is 9.58. The van der Waals surface area contributed by atoms with Crippen LogP contribution in [0.15, 0.2) is 260 Å². The molecule has 0 spiro atoms. The zero-order chi connectivity index (χ0) is 46.8. The molecule has 0 fully saturated rings. The van der Waals surface area contributed by atoms with E-state index in [1.54, 1.807) is 0 Å². The van der Waals surface area contributed by atoms with Gasteiger partial charge in [-0.1, -0.05) is 158 Å². The zero-order valence-electron chi connectivity index (χ0n) is 37.7. The highest BCUT2D eigenvalue weighted by molar-refractivity contribution is 8.34. The first-order valence-electron chi connectivity index (χ1n) is 22.9. The number of amides is 2. The number of carboxylic acid groups (broad SMARTS) is 1. The van der Waals surface area contributed by atoms with Gasteiger partial charge in [-0.2, -0.15) is 20.1 Å². The molecule has 342 valence electrons. The molecule has 0 aromatic heterocycles. The normalized spacial score (nSPS) is 13.1. The molecule has 1 atom stereocenters. The number of carbonyl (C=O) groups excluding carboxylic acids is 2. The molecule has 0 saturated heterocycles. The van der Waals surface area contributed by atoms with Crippen molar-refractivity contribution in [2.75, 3.05) is 31.2 Å². The van der Waals surface area contributed by atoms with Crippen LogP contribution >= 0.6 is 20.1 Å². The Kier molecular flexibility index (Phi) is 14.2. The summed E-state index contributed by atoms with van der Waals surface area (Å²) in [6.07, 6.45) is -1.35. The Labute approximate surface area is 402 Å². The lowest BCUT2D eigenvalue weighted by Gasteiger charge is -2.45. The minimum Gasteiger partial charge on any atom is -0.480 e. The first-order chi connectivity index (χ1) is 33.4. The van der Waals surface area contributed by atoms with Gasteiger partial charge < -0.3 is 20.1 Å². The van der Waals surface area contributed by atoms with E-state index in [9.17, 15) is 14.7 Å². The number of carbonyl (C=O) groups is 3. The molecule has 1 aliphatic carbocycles. The molecule has 68 heavy (non-hydrogen) atoms. The number of alkyl carbamates (subject to hydrolysis) is 1. The lowest BCUT2D eigenvalue weighted by atomic mass is 9.98. The maximum absolute atomic E-state index is 15.2.